The van der Waals surface area contributed by atoms with E-state index in [9.17, 15) is 24.3 Å². The van der Waals surface area contributed by atoms with Gasteiger partial charge < -0.3 is 15.3 Å². The number of hydrogen-bond donors (Lipinski definition) is 2. The number of amides is 2. The third-order valence-corrected chi connectivity index (χ3v) is 9.79. The minimum Gasteiger partial charge on any atom is -0.393 e. The Labute approximate surface area is 186 Å². The first-order valence-corrected chi connectivity index (χ1v) is 12.5. The van der Waals surface area contributed by atoms with Gasteiger partial charge in [0.2, 0.25) is 11.8 Å². The third kappa shape index (κ3) is 3.97. The van der Waals surface area contributed by atoms with Crippen LogP contribution < -0.4 is 5.32 Å². The number of β-lactam (4-membered cyclic amide) rings is 1. The number of aliphatic hydroxyl groups is 1. The molecule has 164 valence electrons. The standard InChI is InChI=1S/C22H25N2O5PS/c1-11-19-18(12(2)27)22(29)24(19)16(9-26)20(11)31-15-7-17(30-10-15)21(28)23-14-5-3-4-13(6-14)8-25/h3-6,8-9,11-12,15,17-19,27,30H,7,10H2,1-2H3,(H,23,28)/t11-,12-,15+,17+,18-,19?/m1/s1. The molecule has 0 bridgehead atoms. The highest BCUT2D eigenvalue weighted by Gasteiger charge is 2.58. The van der Waals surface area contributed by atoms with Crippen LogP contribution in [0.25, 0.3) is 0 Å². The molecule has 1 aromatic rings. The Kier molecular flexibility index (Phi) is 6.33. The molecule has 0 radical (unpaired) electrons. The minimum absolute atomic E-state index is 0.00945. The van der Waals surface area contributed by atoms with Crippen LogP contribution in [0.15, 0.2) is 34.9 Å². The van der Waals surface area contributed by atoms with Gasteiger partial charge in [0.05, 0.1) is 29.4 Å². The van der Waals surface area contributed by atoms with Gasteiger partial charge in [-0.15, -0.1) is 20.3 Å². The summed E-state index contributed by atoms with van der Waals surface area (Å²) in [6.45, 7) is 3.62. The first-order chi connectivity index (χ1) is 14.8. The first-order valence-electron chi connectivity index (χ1n) is 10.3. The van der Waals surface area contributed by atoms with Crippen LogP contribution in [0.4, 0.5) is 5.69 Å². The lowest BCUT2D eigenvalue weighted by Crippen LogP contribution is -2.63. The zero-order valence-corrected chi connectivity index (χ0v) is 19.1. The molecule has 7 atom stereocenters. The van der Waals surface area contributed by atoms with Crippen molar-refractivity contribution in [3.05, 3.63) is 40.4 Å². The van der Waals surface area contributed by atoms with Gasteiger partial charge in [0, 0.05) is 27.3 Å². The Morgan fingerprint density at radius 1 is 1.35 bits per heavy atom. The minimum atomic E-state index is -0.743. The molecule has 2 N–H and O–H groups in total. The van der Waals surface area contributed by atoms with Crippen LogP contribution >= 0.6 is 20.3 Å². The van der Waals surface area contributed by atoms with Crippen molar-refractivity contribution < 1.29 is 24.3 Å². The Bertz CT molecular complexity index is 965. The molecule has 2 unspecified atom stereocenters. The largest absolute Gasteiger partial charge is 0.393 e. The number of aldehydes is 2. The fourth-order valence-corrected chi connectivity index (χ4v) is 8.20. The molecule has 3 aliphatic heterocycles. The van der Waals surface area contributed by atoms with Crippen LogP contribution in [-0.2, 0) is 14.4 Å². The molecular weight excluding hydrogens is 435 g/mol. The number of benzene rings is 1. The van der Waals surface area contributed by atoms with Crippen molar-refractivity contribution in [1.82, 2.24) is 4.90 Å². The van der Waals surface area contributed by atoms with Crippen molar-refractivity contribution >= 4 is 50.4 Å². The van der Waals surface area contributed by atoms with Crippen LogP contribution in [0.2, 0.25) is 0 Å². The van der Waals surface area contributed by atoms with Gasteiger partial charge in [-0.25, -0.2) is 0 Å². The molecule has 1 aromatic carbocycles. The van der Waals surface area contributed by atoms with E-state index < -0.39 is 12.0 Å². The second-order valence-electron chi connectivity index (χ2n) is 8.29. The Morgan fingerprint density at radius 2 is 2.13 bits per heavy atom. The Morgan fingerprint density at radius 3 is 2.81 bits per heavy atom. The van der Waals surface area contributed by atoms with Crippen molar-refractivity contribution in [3.8, 4) is 0 Å². The highest BCUT2D eigenvalue weighted by Crippen LogP contribution is 2.53. The van der Waals surface area contributed by atoms with Crippen molar-refractivity contribution in [1.29, 1.82) is 0 Å². The van der Waals surface area contributed by atoms with Gasteiger partial charge in [0.1, 0.15) is 6.29 Å². The molecule has 2 saturated heterocycles. The molecule has 7 nitrogen and oxygen atoms in total. The number of aliphatic hydroxyl groups excluding tert-OH is 1. The zero-order chi connectivity index (χ0) is 22.3. The van der Waals surface area contributed by atoms with Gasteiger partial charge in [-0.3, -0.25) is 19.2 Å². The summed E-state index contributed by atoms with van der Waals surface area (Å²) in [5, 5.41) is 13.1. The molecule has 0 aromatic heterocycles. The van der Waals surface area contributed by atoms with E-state index in [0.29, 0.717) is 31.9 Å². The SMILES string of the molecule is C[C@H]1C(S[C@@H]2CP[C@H](C(=O)Nc3cccc(C=O)c3)C2)=C(C=O)N2C(=O)[C@H]([C@@H](C)O)C12. The van der Waals surface area contributed by atoms with Gasteiger partial charge in [0.25, 0.3) is 0 Å². The highest BCUT2D eigenvalue weighted by atomic mass is 32.2. The number of rotatable bonds is 7. The van der Waals surface area contributed by atoms with E-state index in [0.717, 1.165) is 23.6 Å². The zero-order valence-electron chi connectivity index (χ0n) is 17.3. The molecule has 31 heavy (non-hydrogen) atoms. The number of carbonyl (C=O) groups is 4. The molecule has 3 aliphatic rings. The van der Waals surface area contributed by atoms with Gasteiger partial charge in [-0.05, 0) is 31.6 Å². The number of thioether (sulfide) groups is 1. The molecule has 2 amide bonds. The average Bonchev–Trinajstić information content (AvgIpc) is 3.30. The Balaban J connectivity index is 1.40. The van der Waals surface area contributed by atoms with E-state index in [1.165, 1.54) is 0 Å². The van der Waals surface area contributed by atoms with Crippen molar-refractivity contribution in [2.75, 3.05) is 11.5 Å². The quantitative estimate of drug-likeness (QED) is 0.368. The molecule has 0 aliphatic carbocycles. The molecule has 0 spiro atoms. The summed E-state index contributed by atoms with van der Waals surface area (Å²) in [4.78, 5) is 50.3. The van der Waals surface area contributed by atoms with Crippen LogP contribution in [-0.4, -0.2) is 63.6 Å². The number of nitrogens with zero attached hydrogens (tertiary/aromatic N) is 1. The molecule has 0 saturated carbocycles. The predicted octanol–water partition coefficient (Wildman–Crippen LogP) is 2.26. The maximum Gasteiger partial charge on any atom is 0.235 e. The summed E-state index contributed by atoms with van der Waals surface area (Å²) in [7, 11) is 0.473. The first kappa shape index (κ1) is 22.2. The molecular formula is C22H25N2O5PS. The summed E-state index contributed by atoms with van der Waals surface area (Å²) in [6, 6.07) is 6.66. The van der Waals surface area contributed by atoms with E-state index >= 15 is 0 Å². The second-order valence-corrected chi connectivity index (χ2v) is 11.1. The van der Waals surface area contributed by atoms with Gasteiger partial charge in [-0.2, -0.15) is 0 Å². The number of nitrogens with one attached hydrogen (secondary N) is 1. The summed E-state index contributed by atoms with van der Waals surface area (Å²) in [5.41, 5.74) is 1.43. The van der Waals surface area contributed by atoms with Crippen molar-refractivity contribution in [2.45, 2.75) is 43.3 Å². The fourth-order valence-electron chi connectivity index (χ4n) is 4.72. The molecule has 2 fully saturated rings. The van der Waals surface area contributed by atoms with E-state index in [-0.39, 0.29) is 34.7 Å². The number of hydrogen-bond acceptors (Lipinski definition) is 6. The molecule has 3 heterocycles. The summed E-state index contributed by atoms with van der Waals surface area (Å²) < 4.78 is 0. The summed E-state index contributed by atoms with van der Waals surface area (Å²) in [6.07, 6.45) is 2.32. The van der Waals surface area contributed by atoms with Gasteiger partial charge in [0.15, 0.2) is 6.29 Å². The van der Waals surface area contributed by atoms with Crippen molar-refractivity contribution in [2.24, 2.45) is 11.8 Å². The van der Waals surface area contributed by atoms with Crippen LogP contribution in [0.1, 0.15) is 30.6 Å². The smallest absolute Gasteiger partial charge is 0.235 e. The molecule has 4 rings (SSSR count). The number of anilines is 1. The predicted molar refractivity (Wildman–Crippen MR) is 121 cm³/mol. The van der Waals surface area contributed by atoms with E-state index in [4.69, 9.17) is 0 Å². The maximum absolute atomic E-state index is 12.7. The van der Waals surface area contributed by atoms with E-state index in [2.05, 4.69) is 5.32 Å². The van der Waals surface area contributed by atoms with Crippen LogP contribution in [0.3, 0.4) is 0 Å². The monoisotopic (exact) mass is 460 g/mol. The Hall–Kier alpha value is -2.02. The fraction of sp³-hybridized carbons (Fsp3) is 0.455. The van der Waals surface area contributed by atoms with Crippen LogP contribution in [0, 0.1) is 11.8 Å². The number of carbonyl (C=O) groups excluding carboxylic acids is 4. The maximum atomic E-state index is 12.7. The molecule has 9 heteroatoms. The number of allylic oxidation sites excluding steroid dienone is 1. The summed E-state index contributed by atoms with van der Waals surface area (Å²) in [5.74, 6) is -0.715. The second kappa shape index (κ2) is 8.85. The lowest BCUT2D eigenvalue weighted by Gasteiger charge is -2.46. The third-order valence-electron chi connectivity index (χ3n) is 6.25. The van der Waals surface area contributed by atoms with Gasteiger partial charge in [-0.1, -0.05) is 19.1 Å². The lowest BCUT2D eigenvalue weighted by molar-refractivity contribution is -0.160. The lowest BCUT2D eigenvalue weighted by atomic mass is 9.79. The normalized spacial score (nSPS) is 31.4. The van der Waals surface area contributed by atoms with E-state index in [1.807, 2.05) is 6.92 Å². The van der Waals surface area contributed by atoms with E-state index in [1.54, 1.807) is 47.9 Å². The topological polar surface area (TPSA) is 104 Å². The van der Waals surface area contributed by atoms with Gasteiger partial charge >= 0.3 is 0 Å². The summed E-state index contributed by atoms with van der Waals surface area (Å²) >= 11 is 1.61. The highest BCUT2D eigenvalue weighted by molar-refractivity contribution is 8.04. The van der Waals surface area contributed by atoms with Crippen LogP contribution in [0.5, 0.6) is 0 Å². The van der Waals surface area contributed by atoms with Crippen molar-refractivity contribution in [3.63, 3.8) is 0 Å². The number of fused-ring (bicyclic) bond motifs is 1. The average molecular weight is 460 g/mol.